The van der Waals surface area contributed by atoms with Gasteiger partial charge in [-0.25, -0.2) is 4.98 Å². The highest BCUT2D eigenvalue weighted by atomic mass is 32.1. The van der Waals surface area contributed by atoms with E-state index in [2.05, 4.69) is 39.0 Å². The van der Waals surface area contributed by atoms with Crippen LogP contribution in [0.1, 0.15) is 36.8 Å². The largest absolute Gasteiger partial charge is 0.508 e. The lowest BCUT2D eigenvalue weighted by Gasteiger charge is -2.21. The zero-order valence-corrected chi connectivity index (χ0v) is 22.8. The number of phenols is 1. The Kier molecular flexibility index (Phi) is 7.38. The number of rotatable bonds is 9. The number of hydrogen-bond acceptors (Lipinski definition) is 7. The first-order chi connectivity index (χ1) is 18.7. The molecule has 6 rings (SSSR count). The van der Waals surface area contributed by atoms with Crippen LogP contribution in [0.2, 0.25) is 0 Å². The van der Waals surface area contributed by atoms with Crippen molar-refractivity contribution in [2.24, 2.45) is 0 Å². The number of aromatic nitrogens is 1. The van der Waals surface area contributed by atoms with Gasteiger partial charge in [-0.2, -0.15) is 0 Å². The van der Waals surface area contributed by atoms with Crippen molar-refractivity contribution in [1.29, 1.82) is 0 Å². The van der Waals surface area contributed by atoms with Crippen LogP contribution in [0.5, 0.6) is 17.4 Å². The van der Waals surface area contributed by atoms with E-state index in [1.54, 1.807) is 24.5 Å². The second-order valence-electron chi connectivity index (χ2n) is 10.2. The number of aromatic hydroxyl groups is 1. The van der Waals surface area contributed by atoms with Gasteiger partial charge in [0, 0.05) is 47.0 Å². The fourth-order valence-electron chi connectivity index (χ4n) is 5.69. The van der Waals surface area contributed by atoms with Gasteiger partial charge in [-0.05, 0) is 98.1 Å². The van der Waals surface area contributed by atoms with Crippen molar-refractivity contribution in [1.82, 2.24) is 9.88 Å². The lowest BCUT2D eigenvalue weighted by molar-refractivity contribution is 0.232. The zero-order chi connectivity index (χ0) is 25.9. The number of ether oxygens (including phenoxy) is 2. The van der Waals surface area contributed by atoms with Crippen molar-refractivity contribution in [2.75, 3.05) is 51.3 Å². The number of pyridine rings is 1. The van der Waals surface area contributed by atoms with Crippen molar-refractivity contribution in [3.63, 3.8) is 0 Å². The monoisotopic (exact) mass is 529 g/mol. The van der Waals surface area contributed by atoms with Crippen molar-refractivity contribution in [3.8, 4) is 27.8 Å². The summed E-state index contributed by atoms with van der Waals surface area (Å²) in [6, 6.07) is 16.3. The van der Waals surface area contributed by atoms with E-state index in [0.29, 0.717) is 12.5 Å². The Bertz CT molecular complexity index is 1390. The number of anilines is 1. The average Bonchev–Trinajstić information content (AvgIpc) is 3.71. The number of thiophene rings is 1. The standard InChI is InChI=1S/C31H35N3O3S/c1-36-28-19-22(6-10-27(28)34-14-4-5-15-34)18-26-25-9-8-24(35)20-29(25)38-31(26)23-7-11-30(32-21-23)37-17-16-33-12-2-3-13-33/h6-11,19-21,35H,2-5,12-18H2,1H3. The Balaban J connectivity index is 1.27. The molecule has 4 heterocycles. The lowest BCUT2D eigenvalue weighted by atomic mass is 9.99. The third kappa shape index (κ3) is 5.31. The third-order valence-corrected chi connectivity index (χ3v) is 8.95. The summed E-state index contributed by atoms with van der Waals surface area (Å²) in [5.74, 6) is 1.88. The number of benzene rings is 2. The molecule has 2 aromatic carbocycles. The van der Waals surface area contributed by atoms with Crippen LogP contribution in [-0.4, -0.2) is 61.4 Å². The van der Waals surface area contributed by atoms with E-state index in [1.165, 1.54) is 60.5 Å². The van der Waals surface area contributed by atoms with E-state index >= 15 is 0 Å². The molecule has 2 aromatic heterocycles. The fraction of sp³-hybridized carbons (Fsp3) is 0.387. The van der Waals surface area contributed by atoms with Crippen molar-refractivity contribution < 1.29 is 14.6 Å². The minimum Gasteiger partial charge on any atom is -0.508 e. The molecule has 6 nitrogen and oxygen atoms in total. The van der Waals surface area contributed by atoms with Crippen LogP contribution in [0.25, 0.3) is 20.5 Å². The molecule has 4 aromatic rings. The molecule has 2 aliphatic heterocycles. The second kappa shape index (κ2) is 11.2. The number of likely N-dealkylation sites (tertiary alicyclic amines) is 1. The van der Waals surface area contributed by atoms with Gasteiger partial charge in [0.1, 0.15) is 18.1 Å². The summed E-state index contributed by atoms with van der Waals surface area (Å²) in [5, 5.41) is 11.3. The highest BCUT2D eigenvalue weighted by Crippen LogP contribution is 2.42. The molecule has 198 valence electrons. The first-order valence-electron chi connectivity index (χ1n) is 13.7. The molecule has 0 radical (unpaired) electrons. The van der Waals surface area contributed by atoms with E-state index in [-0.39, 0.29) is 5.75 Å². The third-order valence-electron chi connectivity index (χ3n) is 7.70. The maximum Gasteiger partial charge on any atom is 0.213 e. The van der Waals surface area contributed by atoms with Gasteiger partial charge < -0.3 is 19.5 Å². The Morgan fingerprint density at radius 2 is 1.76 bits per heavy atom. The highest BCUT2D eigenvalue weighted by Gasteiger charge is 2.19. The van der Waals surface area contributed by atoms with Gasteiger partial charge in [-0.1, -0.05) is 6.07 Å². The predicted octanol–water partition coefficient (Wildman–Crippen LogP) is 6.34. The molecule has 0 unspecified atom stereocenters. The van der Waals surface area contributed by atoms with Crippen LogP contribution in [0.3, 0.4) is 0 Å². The summed E-state index contributed by atoms with van der Waals surface area (Å²) in [5.41, 5.74) is 4.69. The summed E-state index contributed by atoms with van der Waals surface area (Å²) in [6.45, 7) is 6.13. The maximum atomic E-state index is 10.1. The van der Waals surface area contributed by atoms with Gasteiger partial charge in [-0.3, -0.25) is 4.90 Å². The van der Waals surface area contributed by atoms with Crippen molar-refractivity contribution >= 4 is 27.1 Å². The first kappa shape index (κ1) is 25.0. The maximum absolute atomic E-state index is 10.1. The predicted molar refractivity (Wildman–Crippen MR) is 155 cm³/mol. The topological polar surface area (TPSA) is 58.1 Å². The Morgan fingerprint density at radius 3 is 2.53 bits per heavy atom. The smallest absolute Gasteiger partial charge is 0.213 e. The average molecular weight is 530 g/mol. The van der Waals surface area contributed by atoms with E-state index in [9.17, 15) is 5.11 Å². The van der Waals surface area contributed by atoms with Gasteiger partial charge in [0.25, 0.3) is 0 Å². The van der Waals surface area contributed by atoms with Crippen LogP contribution < -0.4 is 14.4 Å². The Hall–Kier alpha value is -3.29. The molecule has 1 N–H and O–H groups in total. The molecule has 0 aliphatic carbocycles. The molecule has 0 bridgehead atoms. The molecule has 0 saturated carbocycles. The van der Waals surface area contributed by atoms with Gasteiger partial charge >= 0.3 is 0 Å². The molecule has 2 fully saturated rings. The lowest BCUT2D eigenvalue weighted by Crippen LogP contribution is -2.25. The number of hydrogen-bond donors (Lipinski definition) is 1. The quantitative estimate of drug-likeness (QED) is 0.273. The molecular formula is C31H35N3O3S. The minimum absolute atomic E-state index is 0.286. The Morgan fingerprint density at radius 1 is 0.947 bits per heavy atom. The van der Waals surface area contributed by atoms with E-state index in [0.717, 1.165) is 47.5 Å². The second-order valence-corrected chi connectivity index (χ2v) is 11.3. The van der Waals surface area contributed by atoms with Crippen LogP contribution in [0.15, 0.2) is 54.7 Å². The summed E-state index contributed by atoms with van der Waals surface area (Å²) >= 11 is 1.70. The van der Waals surface area contributed by atoms with E-state index in [4.69, 9.17) is 9.47 Å². The molecule has 0 amide bonds. The molecular weight excluding hydrogens is 494 g/mol. The summed E-state index contributed by atoms with van der Waals surface area (Å²) < 4.78 is 12.8. The normalized spacial score (nSPS) is 16.0. The summed E-state index contributed by atoms with van der Waals surface area (Å²) in [4.78, 5) is 10.7. The van der Waals surface area contributed by atoms with Gasteiger partial charge in [0.2, 0.25) is 5.88 Å². The number of nitrogens with zero attached hydrogens (tertiary/aromatic N) is 3. The molecule has 2 aliphatic rings. The summed E-state index contributed by atoms with van der Waals surface area (Å²) in [6.07, 6.45) is 7.73. The SMILES string of the molecule is COc1cc(Cc2c(-c3ccc(OCCN4CCCC4)nc3)sc3cc(O)ccc23)ccc1N1CCCC1. The van der Waals surface area contributed by atoms with Gasteiger partial charge in [-0.15, -0.1) is 11.3 Å². The van der Waals surface area contributed by atoms with E-state index < -0.39 is 0 Å². The Labute approximate surface area is 228 Å². The van der Waals surface area contributed by atoms with Crippen LogP contribution >= 0.6 is 11.3 Å². The van der Waals surface area contributed by atoms with Crippen molar-refractivity contribution in [3.05, 3.63) is 65.9 Å². The van der Waals surface area contributed by atoms with Crippen molar-refractivity contribution in [2.45, 2.75) is 32.1 Å². The van der Waals surface area contributed by atoms with E-state index in [1.807, 2.05) is 24.4 Å². The number of phenolic OH excluding ortho intramolecular Hbond substituents is 1. The number of methoxy groups -OCH3 is 1. The van der Waals surface area contributed by atoms with Crippen LogP contribution in [0, 0.1) is 0 Å². The zero-order valence-electron chi connectivity index (χ0n) is 22.0. The molecule has 38 heavy (non-hydrogen) atoms. The van der Waals surface area contributed by atoms with Crippen LogP contribution in [-0.2, 0) is 6.42 Å². The van der Waals surface area contributed by atoms with Gasteiger partial charge in [0.15, 0.2) is 0 Å². The number of fused-ring (bicyclic) bond motifs is 1. The molecule has 0 spiro atoms. The molecule has 2 saturated heterocycles. The fourth-order valence-corrected chi connectivity index (χ4v) is 6.93. The van der Waals surface area contributed by atoms with Gasteiger partial charge in [0.05, 0.1) is 12.8 Å². The molecule has 0 atom stereocenters. The minimum atomic E-state index is 0.286. The highest BCUT2D eigenvalue weighted by molar-refractivity contribution is 7.22. The summed E-state index contributed by atoms with van der Waals surface area (Å²) in [7, 11) is 1.76. The molecule has 7 heteroatoms. The van der Waals surface area contributed by atoms with Crippen LogP contribution in [0.4, 0.5) is 5.69 Å². The first-order valence-corrected chi connectivity index (χ1v) is 14.5.